The number of nitrogens with zero attached hydrogens (tertiary/aromatic N) is 1. The minimum absolute atomic E-state index is 0.0569. The summed E-state index contributed by atoms with van der Waals surface area (Å²) >= 11 is 1.12. The van der Waals surface area contributed by atoms with Crippen LogP contribution in [0.2, 0.25) is 0 Å². The molecule has 6 heteroatoms. The summed E-state index contributed by atoms with van der Waals surface area (Å²) < 4.78 is 21.4. The van der Waals surface area contributed by atoms with Gasteiger partial charge in [-0.25, -0.2) is 0 Å². The predicted octanol–water partition coefficient (Wildman–Crippen LogP) is 4.03. The van der Waals surface area contributed by atoms with E-state index in [-0.39, 0.29) is 20.8 Å². The molecule has 4 nitrogen and oxygen atoms in total. The number of benzene rings is 1. The van der Waals surface area contributed by atoms with E-state index in [0.717, 1.165) is 25.7 Å². The van der Waals surface area contributed by atoms with Gasteiger partial charge in [-0.1, -0.05) is 52.9 Å². The Morgan fingerprint density at radius 3 is 2.42 bits per heavy atom. The highest BCUT2D eigenvalue weighted by molar-refractivity contribution is 14.1. The number of aliphatic hydroxyl groups is 1. The van der Waals surface area contributed by atoms with E-state index in [2.05, 4.69) is 39.0 Å². The zero-order valence-corrected chi connectivity index (χ0v) is 18.8. The Bertz CT molecular complexity index is 578. The highest BCUT2D eigenvalue weighted by atomic mass is 127. The molecular formula is C20H30INO3S. The topological polar surface area (TPSA) is 55.8 Å². The van der Waals surface area contributed by atoms with Crippen molar-refractivity contribution in [2.75, 3.05) is 0 Å². The fourth-order valence-electron chi connectivity index (χ4n) is 3.60. The molecule has 0 spiro atoms. The van der Waals surface area contributed by atoms with Crippen molar-refractivity contribution in [2.45, 2.75) is 80.1 Å². The number of rotatable bonds is 6. The molecule has 0 amide bonds. The van der Waals surface area contributed by atoms with Gasteiger partial charge in [0.05, 0.1) is 22.6 Å². The fraction of sp³-hybridized carbons (Fsp3) is 0.700. The molecule has 2 aliphatic rings. The number of halogens is 1. The summed E-state index contributed by atoms with van der Waals surface area (Å²) in [5.74, 6) is 0.507. The molecule has 146 valence electrons. The summed E-state index contributed by atoms with van der Waals surface area (Å²) in [6.45, 7) is 6.74. The SMILES string of the molecule is CC(C)(C)[S+]([O-])N(Cc1ccccc1)[C@H](C1CC1)[C@@H]1CCC(I)C(O)O1. The molecule has 1 aromatic carbocycles. The molecule has 1 heterocycles. The van der Waals surface area contributed by atoms with Crippen LogP contribution >= 0.6 is 22.6 Å². The van der Waals surface area contributed by atoms with Gasteiger partial charge in [0.15, 0.2) is 6.29 Å². The molecule has 3 unspecified atom stereocenters. The van der Waals surface area contributed by atoms with Crippen LogP contribution in [0, 0.1) is 5.92 Å². The lowest BCUT2D eigenvalue weighted by molar-refractivity contribution is -0.172. The number of hydrogen-bond acceptors (Lipinski definition) is 4. The molecule has 1 saturated heterocycles. The van der Waals surface area contributed by atoms with Gasteiger partial charge < -0.3 is 14.4 Å². The van der Waals surface area contributed by atoms with Gasteiger partial charge >= 0.3 is 0 Å². The molecule has 0 radical (unpaired) electrons. The first kappa shape index (κ1) is 20.9. The van der Waals surface area contributed by atoms with Crippen LogP contribution in [0.4, 0.5) is 0 Å². The van der Waals surface area contributed by atoms with Gasteiger partial charge in [0.25, 0.3) is 0 Å². The van der Waals surface area contributed by atoms with Gasteiger partial charge in [-0.05, 0) is 57.9 Å². The number of aliphatic hydroxyl groups excluding tert-OH is 1. The molecule has 3 rings (SSSR count). The van der Waals surface area contributed by atoms with E-state index in [4.69, 9.17) is 4.74 Å². The van der Waals surface area contributed by atoms with Crippen LogP contribution in [0.25, 0.3) is 0 Å². The zero-order valence-electron chi connectivity index (χ0n) is 15.8. The van der Waals surface area contributed by atoms with Gasteiger partial charge in [0.1, 0.15) is 4.75 Å². The smallest absolute Gasteiger partial charge is 0.166 e. The van der Waals surface area contributed by atoms with Crippen molar-refractivity contribution >= 4 is 34.0 Å². The van der Waals surface area contributed by atoms with E-state index >= 15 is 0 Å². The Hall–Kier alpha value is 0.140. The van der Waals surface area contributed by atoms with Crippen molar-refractivity contribution in [1.82, 2.24) is 4.31 Å². The molecule has 1 aliphatic heterocycles. The Morgan fingerprint density at radius 2 is 1.88 bits per heavy atom. The minimum Gasteiger partial charge on any atom is -0.597 e. The van der Waals surface area contributed by atoms with Crippen molar-refractivity contribution in [2.24, 2.45) is 5.92 Å². The molecule has 1 aromatic rings. The summed E-state index contributed by atoms with van der Waals surface area (Å²) in [7, 11) is 0. The van der Waals surface area contributed by atoms with Gasteiger partial charge in [-0.15, -0.1) is 4.31 Å². The van der Waals surface area contributed by atoms with Crippen molar-refractivity contribution < 1.29 is 14.4 Å². The third-order valence-corrected chi connectivity index (χ3v) is 8.17. The molecule has 26 heavy (non-hydrogen) atoms. The Morgan fingerprint density at radius 1 is 1.23 bits per heavy atom. The van der Waals surface area contributed by atoms with Crippen LogP contribution in [0.1, 0.15) is 52.0 Å². The lowest BCUT2D eigenvalue weighted by Gasteiger charge is -2.43. The molecule has 0 bridgehead atoms. The zero-order chi connectivity index (χ0) is 18.9. The van der Waals surface area contributed by atoms with Crippen molar-refractivity contribution in [3.05, 3.63) is 35.9 Å². The largest absolute Gasteiger partial charge is 0.597 e. The summed E-state index contributed by atoms with van der Waals surface area (Å²) in [4.78, 5) is 0. The van der Waals surface area contributed by atoms with E-state index in [9.17, 15) is 9.66 Å². The fourth-order valence-corrected chi connectivity index (χ4v) is 5.63. The number of alkyl halides is 1. The van der Waals surface area contributed by atoms with Gasteiger partial charge in [-0.2, -0.15) is 0 Å². The third kappa shape index (κ3) is 5.14. The van der Waals surface area contributed by atoms with Crippen LogP contribution in [-0.4, -0.2) is 41.1 Å². The second kappa shape index (κ2) is 8.66. The Balaban J connectivity index is 1.86. The lowest BCUT2D eigenvalue weighted by atomic mass is 9.97. The first-order valence-corrected chi connectivity index (χ1v) is 11.8. The maximum atomic E-state index is 13.4. The number of ether oxygens (including phenoxy) is 1. The molecule has 1 N–H and O–H groups in total. The lowest BCUT2D eigenvalue weighted by Crippen LogP contribution is -2.55. The molecular weight excluding hydrogens is 461 g/mol. The van der Waals surface area contributed by atoms with Crippen LogP contribution in [0.5, 0.6) is 0 Å². The van der Waals surface area contributed by atoms with Gasteiger partial charge in [0, 0.05) is 11.4 Å². The minimum atomic E-state index is -1.14. The van der Waals surface area contributed by atoms with Crippen LogP contribution in [0.3, 0.4) is 0 Å². The second-order valence-corrected chi connectivity index (χ2v) is 12.2. The predicted molar refractivity (Wildman–Crippen MR) is 114 cm³/mol. The van der Waals surface area contributed by atoms with Crippen LogP contribution < -0.4 is 0 Å². The summed E-state index contributed by atoms with van der Waals surface area (Å²) in [6, 6.07) is 10.3. The van der Waals surface area contributed by atoms with E-state index in [1.165, 1.54) is 5.56 Å². The Labute approximate surface area is 174 Å². The highest BCUT2D eigenvalue weighted by Gasteiger charge is 2.49. The van der Waals surface area contributed by atoms with Crippen molar-refractivity contribution in [3.63, 3.8) is 0 Å². The van der Waals surface area contributed by atoms with Crippen molar-refractivity contribution in [1.29, 1.82) is 0 Å². The maximum Gasteiger partial charge on any atom is 0.166 e. The summed E-state index contributed by atoms with van der Waals surface area (Å²) in [6.07, 6.45) is 3.38. The first-order chi connectivity index (χ1) is 12.3. The van der Waals surface area contributed by atoms with Crippen LogP contribution in [-0.2, 0) is 22.6 Å². The maximum absolute atomic E-state index is 13.4. The van der Waals surface area contributed by atoms with Crippen LogP contribution in [0.15, 0.2) is 30.3 Å². The van der Waals surface area contributed by atoms with E-state index in [1.54, 1.807) is 0 Å². The standard InChI is InChI=1S/C20H30INO3S/c1-20(2,3)26(24)22(13-14-7-5-4-6-8-14)18(15-9-10-15)17-12-11-16(21)19(23)25-17/h4-8,15-19,23H,9-13H2,1-3H3/t16?,17-,18+,19?,26?/m0/s1. The monoisotopic (exact) mass is 491 g/mol. The normalized spacial score (nSPS) is 29.6. The third-order valence-electron chi connectivity index (χ3n) is 5.09. The molecule has 5 atom stereocenters. The molecule has 0 aromatic heterocycles. The van der Waals surface area contributed by atoms with E-state index in [1.807, 2.05) is 39.0 Å². The quantitative estimate of drug-likeness (QED) is 0.371. The molecule has 2 fully saturated rings. The summed E-state index contributed by atoms with van der Waals surface area (Å²) in [5, 5.41) is 10.2. The Kier molecular flexibility index (Phi) is 6.95. The summed E-state index contributed by atoms with van der Waals surface area (Å²) in [5.41, 5.74) is 1.17. The van der Waals surface area contributed by atoms with Gasteiger partial charge in [0.2, 0.25) is 0 Å². The average molecular weight is 491 g/mol. The molecule has 1 aliphatic carbocycles. The average Bonchev–Trinajstić information content (AvgIpc) is 3.42. The second-order valence-electron chi connectivity index (χ2n) is 8.41. The van der Waals surface area contributed by atoms with E-state index < -0.39 is 17.7 Å². The highest BCUT2D eigenvalue weighted by Crippen LogP contribution is 2.43. The van der Waals surface area contributed by atoms with Gasteiger partial charge in [-0.3, -0.25) is 0 Å². The first-order valence-electron chi connectivity index (χ1n) is 9.47. The van der Waals surface area contributed by atoms with Crippen molar-refractivity contribution in [3.8, 4) is 0 Å². The number of hydrogen-bond donors (Lipinski definition) is 1. The van der Waals surface area contributed by atoms with E-state index in [0.29, 0.717) is 12.5 Å². The molecule has 1 saturated carbocycles.